The van der Waals surface area contributed by atoms with E-state index in [1.165, 1.54) is 89.0 Å². The first kappa shape index (κ1) is 20.1. The summed E-state index contributed by atoms with van der Waals surface area (Å²) in [5, 5.41) is 10.8. The Morgan fingerprint density at radius 1 is 0.833 bits per heavy atom. The van der Waals surface area contributed by atoms with Crippen molar-refractivity contribution in [2.24, 2.45) is 0 Å². The van der Waals surface area contributed by atoms with E-state index in [0.717, 1.165) is 6.42 Å². The number of aliphatic hydroxyl groups is 1. The Kier molecular flexibility index (Phi) is 8.43. The third kappa shape index (κ3) is 5.14. The fourth-order valence-electron chi connectivity index (χ4n) is 4.06. The molecule has 0 aromatic carbocycles. The first-order valence-electron chi connectivity index (χ1n) is 10.5. The van der Waals surface area contributed by atoms with Crippen molar-refractivity contribution in [1.29, 1.82) is 0 Å². The lowest BCUT2D eigenvalue weighted by atomic mass is 9.82. The van der Waals surface area contributed by atoms with E-state index in [9.17, 15) is 5.11 Å². The van der Waals surface area contributed by atoms with E-state index in [-0.39, 0.29) is 4.75 Å². The van der Waals surface area contributed by atoms with E-state index in [1.54, 1.807) is 11.8 Å². The topological polar surface area (TPSA) is 20.2 Å². The monoisotopic (exact) mass is 350 g/mol. The zero-order valence-corrected chi connectivity index (χ0v) is 16.8. The van der Waals surface area contributed by atoms with Crippen molar-refractivity contribution in [3.63, 3.8) is 0 Å². The van der Waals surface area contributed by atoms with Crippen LogP contribution in [0.15, 0.2) is 23.8 Å². The first-order chi connectivity index (χ1) is 11.7. The van der Waals surface area contributed by atoms with Crippen LogP contribution in [0.1, 0.15) is 104 Å². The molecule has 2 heteroatoms. The smallest absolute Gasteiger partial charge is 0.148 e. The molecule has 1 fully saturated rings. The number of hydrogen-bond acceptors (Lipinski definition) is 2. The van der Waals surface area contributed by atoms with Crippen LogP contribution in [0.25, 0.3) is 0 Å². The number of rotatable bonds is 14. The maximum Gasteiger partial charge on any atom is 0.148 e. The minimum Gasteiger partial charge on any atom is -0.374 e. The predicted octanol–water partition coefficient (Wildman–Crippen LogP) is 7.16. The molecule has 1 aliphatic carbocycles. The summed E-state index contributed by atoms with van der Waals surface area (Å²) in [4.78, 5) is -0.581. The van der Waals surface area contributed by atoms with Crippen molar-refractivity contribution in [3.8, 4) is 0 Å². The number of fused-ring (bicyclic) bond motifs is 1. The van der Waals surface area contributed by atoms with Gasteiger partial charge in [0.25, 0.3) is 0 Å². The summed E-state index contributed by atoms with van der Waals surface area (Å²) >= 11 is 1.80. The number of unbranched alkanes of at least 4 members (excludes halogenated alkanes) is 10. The summed E-state index contributed by atoms with van der Waals surface area (Å²) in [5.41, 5.74) is 1.52. The van der Waals surface area contributed by atoms with Gasteiger partial charge >= 0.3 is 0 Å². The highest BCUT2D eigenvalue weighted by molar-refractivity contribution is 8.10. The van der Waals surface area contributed by atoms with Gasteiger partial charge in [0.05, 0.1) is 4.75 Å². The van der Waals surface area contributed by atoms with Crippen LogP contribution in [-0.4, -0.2) is 14.8 Å². The fraction of sp³-hybridized carbons (Fsp3) is 0.818. The van der Waals surface area contributed by atoms with E-state index in [2.05, 4.69) is 26.0 Å². The third-order valence-electron chi connectivity index (χ3n) is 5.69. The number of allylic oxidation sites excluding steroid dienone is 2. The minimum absolute atomic E-state index is 0.0376. The standard InChI is InChI=1S/C22H38OS/c1-3-5-7-9-11-13-16-20-17-15-19-22(23)21(20,24-22)18-14-12-10-8-6-4-2/h15,17,19,23H,3-14,16,18H2,1-2H3. The lowest BCUT2D eigenvalue weighted by Gasteiger charge is -2.24. The summed E-state index contributed by atoms with van der Waals surface area (Å²) in [7, 11) is 0. The average Bonchev–Trinajstić information content (AvgIpc) is 3.20. The molecule has 0 spiro atoms. The zero-order chi connectivity index (χ0) is 17.3. The highest BCUT2D eigenvalue weighted by Gasteiger charge is 2.68. The van der Waals surface area contributed by atoms with Crippen molar-refractivity contribution in [1.82, 2.24) is 0 Å². The fourth-order valence-corrected chi connectivity index (χ4v) is 5.54. The minimum atomic E-state index is -0.581. The highest BCUT2D eigenvalue weighted by Crippen LogP contribution is 2.70. The van der Waals surface area contributed by atoms with Crippen molar-refractivity contribution in [3.05, 3.63) is 23.8 Å². The van der Waals surface area contributed by atoms with E-state index in [1.807, 2.05) is 6.08 Å². The molecule has 1 saturated heterocycles. The summed E-state index contributed by atoms with van der Waals surface area (Å²) < 4.78 is 0.0376. The summed E-state index contributed by atoms with van der Waals surface area (Å²) in [6.07, 6.45) is 24.9. The Balaban J connectivity index is 1.73. The Bertz CT molecular complexity index is 428. The van der Waals surface area contributed by atoms with Crippen LogP contribution in [0, 0.1) is 0 Å². The van der Waals surface area contributed by atoms with Gasteiger partial charge in [0, 0.05) is 0 Å². The van der Waals surface area contributed by atoms with Crippen LogP contribution in [0.2, 0.25) is 0 Å². The molecule has 1 N–H and O–H groups in total. The highest BCUT2D eigenvalue weighted by atomic mass is 32.2. The van der Waals surface area contributed by atoms with E-state index in [0.29, 0.717) is 0 Å². The normalized spacial score (nSPS) is 27.9. The van der Waals surface area contributed by atoms with Crippen LogP contribution in [0.3, 0.4) is 0 Å². The molecule has 1 heterocycles. The lowest BCUT2D eigenvalue weighted by molar-refractivity contribution is 0.187. The van der Waals surface area contributed by atoms with Gasteiger partial charge in [-0.15, -0.1) is 11.8 Å². The quantitative estimate of drug-likeness (QED) is 0.265. The van der Waals surface area contributed by atoms with Gasteiger partial charge in [-0.25, -0.2) is 0 Å². The van der Waals surface area contributed by atoms with Crippen LogP contribution >= 0.6 is 11.8 Å². The zero-order valence-electron chi connectivity index (χ0n) is 16.0. The predicted molar refractivity (Wildman–Crippen MR) is 108 cm³/mol. The molecular weight excluding hydrogens is 312 g/mol. The van der Waals surface area contributed by atoms with E-state index >= 15 is 0 Å². The molecule has 2 rings (SSSR count). The summed E-state index contributed by atoms with van der Waals surface area (Å²) in [6.45, 7) is 4.55. The lowest BCUT2D eigenvalue weighted by Crippen LogP contribution is -2.28. The molecule has 0 bridgehead atoms. The molecule has 0 aromatic rings. The molecule has 0 aromatic heterocycles. The van der Waals surface area contributed by atoms with Gasteiger partial charge in [0.1, 0.15) is 4.93 Å². The molecule has 24 heavy (non-hydrogen) atoms. The van der Waals surface area contributed by atoms with Gasteiger partial charge in [-0.3, -0.25) is 0 Å². The Labute approximate surface area is 154 Å². The second-order valence-corrected chi connectivity index (χ2v) is 9.24. The first-order valence-corrected chi connectivity index (χ1v) is 11.3. The van der Waals surface area contributed by atoms with Crippen LogP contribution < -0.4 is 0 Å². The van der Waals surface area contributed by atoms with E-state index < -0.39 is 4.93 Å². The third-order valence-corrected chi connectivity index (χ3v) is 7.40. The van der Waals surface area contributed by atoms with Crippen molar-refractivity contribution in [2.45, 2.75) is 113 Å². The van der Waals surface area contributed by atoms with E-state index in [4.69, 9.17) is 0 Å². The Morgan fingerprint density at radius 3 is 2.08 bits per heavy atom. The van der Waals surface area contributed by atoms with Gasteiger partial charge in [-0.1, -0.05) is 96.6 Å². The largest absolute Gasteiger partial charge is 0.374 e. The summed E-state index contributed by atoms with van der Waals surface area (Å²) in [5.74, 6) is 0. The van der Waals surface area contributed by atoms with Crippen molar-refractivity contribution >= 4 is 11.8 Å². The van der Waals surface area contributed by atoms with Gasteiger partial charge in [0.2, 0.25) is 0 Å². The van der Waals surface area contributed by atoms with Gasteiger partial charge in [-0.05, 0) is 30.9 Å². The molecular formula is C22H38OS. The molecule has 1 aliphatic heterocycles. The van der Waals surface area contributed by atoms with Crippen molar-refractivity contribution in [2.75, 3.05) is 0 Å². The Hall–Kier alpha value is -0.210. The van der Waals surface area contributed by atoms with Crippen LogP contribution in [0.4, 0.5) is 0 Å². The van der Waals surface area contributed by atoms with Gasteiger partial charge in [-0.2, -0.15) is 0 Å². The maximum absolute atomic E-state index is 10.8. The van der Waals surface area contributed by atoms with Crippen molar-refractivity contribution < 1.29 is 5.11 Å². The molecule has 2 unspecified atom stereocenters. The number of hydrogen-bond donors (Lipinski definition) is 1. The molecule has 1 nitrogen and oxygen atoms in total. The molecule has 138 valence electrons. The molecule has 0 saturated carbocycles. The maximum atomic E-state index is 10.8. The average molecular weight is 351 g/mol. The second-order valence-electron chi connectivity index (χ2n) is 7.71. The molecule has 0 amide bonds. The number of thioether (sulfide) groups is 1. The van der Waals surface area contributed by atoms with Crippen LogP contribution in [0.5, 0.6) is 0 Å². The second kappa shape index (κ2) is 10.1. The molecule has 0 radical (unpaired) electrons. The molecule has 2 aliphatic rings. The Morgan fingerprint density at radius 2 is 1.42 bits per heavy atom. The van der Waals surface area contributed by atoms with Crippen LogP contribution in [-0.2, 0) is 0 Å². The molecule has 2 atom stereocenters. The van der Waals surface area contributed by atoms with Gasteiger partial charge < -0.3 is 5.11 Å². The SMILES string of the molecule is CCCCCCCCC1=CC=CC2(O)SC12CCCCCCCC. The van der Waals surface area contributed by atoms with Gasteiger partial charge in [0.15, 0.2) is 0 Å². The summed E-state index contributed by atoms with van der Waals surface area (Å²) in [6, 6.07) is 0.